The Bertz CT molecular complexity index is 603. The maximum atomic E-state index is 11.0. The predicted molar refractivity (Wildman–Crippen MR) is 77.0 cm³/mol. The summed E-state index contributed by atoms with van der Waals surface area (Å²) in [6.07, 6.45) is 0.305. The van der Waals surface area contributed by atoms with Crippen LogP contribution in [0.25, 0.3) is 0 Å². The lowest BCUT2D eigenvalue weighted by Crippen LogP contribution is -2.20. The number of aromatic hydroxyl groups is 1. The Morgan fingerprint density at radius 2 is 2.00 bits per heavy atom. The first-order valence-corrected chi connectivity index (χ1v) is 6.20. The summed E-state index contributed by atoms with van der Waals surface area (Å²) in [6.45, 7) is 0. The average Bonchev–Trinajstić information content (AvgIpc) is 2.39. The third-order valence-electron chi connectivity index (χ3n) is 2.47. The minimum atomic E-state index is -1.33. The van der Waals surface area contributed by atoms with Gasteiger partial charge in [-0.25, -0.2) is 9.59 Å². The summed E-state index contributed by atoms with van der Waals surface area (Å²) in [5, 5.41) is 34.5. The van der Waals surface area contributed by atoms with Crippen LogP contribution in [0.4, 0.5) is 5.69 Å². The number of phenols is 1. The molecular weight excluding hydrogens is 298 g/mol. The van der Waals surface area contributed by atoms with E-state index in [4.69, 9.17) is 15.9 Å². The van der Waals surface area contributed by atoms with Gasteiger partial charge in [0, 0.05) is 6.42 Å². The van der Waals surface area contributed by atoms with Crippen LogP contribution >= 0.6 is 12.2 Å². The second-order valence-corrected chi connectivity index (χ2v) is 4.61. The number of hydrogen-bond acceptors (Lipinski definition) is 6. The number of benzene rings is 1. The van der Waals surface area contributed by atoms with Gasteiger partial charge in [-0.1, -0.05) is 12.2 Å². The molecule has 8 nitrogen and oxygen atoms in total. The number of rotatable bonds is 7. The molecule has 1 atom stereocenters. The smallest absolute Gasteiger partial charge is 0.339 e. The van der Waals surface area contributed by atoms with Gasteiger partial charge >= 0.3 is 11.9 Å². The Morgan fingerprint density at radius 3 is 2.52 bits per heavy atom. The molecule has 1 aromatic rings. The predicted octanol–water partition coefficient (Wildman–Crippen LogP) is 1.69. The Labute approximate surface area is 124 Å². The van der Waals surface area contributed by atoms with E-state index in [1.165, 1.54) is 6.07 Å². The second kappa shape index (κ2) is 7.29. The zero-order valence-corrected chi connectivity index (χ0v) is 11.6. The van der Waals surface area contributed by atoms with Gasteiger partial charge in [-0.15, -0.1) is 0 Å². The zero-order chi connectivity index (χ0) is 16.0. The van der Waals surface area contributed by atoms with Crippen LogP contribution in [-0.4, -0.2) is 38.3 Å². The normalized spacial score (nSPS) is 12.2. The average molecular weight is 311 g/mol. The van der Waals surface area contributed by atoms with E-state index in [2.05, 4.69) is 22.4 Å². The first kappa shape index (κ1) is 16.5. The molecule has 1 unspecified atom stereocenters. The van der Waals surface area contributed by atoms with Crippen molar-refractivity contribution in [1.29, 1.82) is 0 Å². The molecule has 0 bridgehead atoms. The summed E-state index contributed by atoms with van der Waals surface area (Å²) in [5.41, 5.74) is 5.06. The molecule has 0 aromatic heterocycles. The van der Waals surface area contributed by atoms with E-state index in [1.807, 2.05) is 0 Å². The number of aliphatic carboxylic acids is 1. The minimum absolute atomic E-state index is 0.0953. The van der Waals surface area contributed by atoms with Crippen LogP contribution in [0.2, 0.25) is 0 Å². The lowest BCUT2D eigenvalue weighted by atomic mass is 10.1. The highest BCUT2D eigenvalue weighted by Gasteiger charge is 2.17. The molecule has 0 radical (unpaired) electrons. The second-order valence-electron chi connectivity index (χ2n) is 4.08. The molecule has 21 heavy (non-hydrogen) atoms. The van der Waals surface area contributed by atoms with E-state index in [1.54, 1.807) is 0 Å². The van der Waals surface area contributed by atoms with Crippen molar-refractivity contribution < 1.29 is 24.9 Å². The number of nitrogens with zero attached hydrogens (tertiary/aromatic N) is 2. The number of carbonyl (C=O) groups is 2. The topological polar surface area (TPSA) is 146 Å². The monoisotopic (exact) mass is 311 g/mol. The van der Waals surface area contributed by atoms with Gasteiger partial charge in [0.05, 0.1) is 10.7 Å². The maximum Gasteiger partial charge on any atom is 0.339 e. The number of thiocarbonyl (C=S) groups is 1. The van der Waals surface area contributed by atoms with E-state index in [0.29, 0.717) is 0 Å². The molecule has 0 aliphatic heterocycles. The summed E-state index contributed by atoms with van der Waals surface area (Å²) in [7, 11) is 0. The fraction of sp³-hybridized carbons (Fsp3) is 0.250. The number of azo groups is 1. The van der Waals surface area contributed by atoms with Crippen molar-refractivity contribution in [2.24, 2.45) is 16.0 Å². The molecule has 0 aliphatic carbocycles. The number of hydrogen-bond donors (Lipinski definition) is 4. The quantitative estimate of drug-likeness (QED) is 0.442. The van der Waals surface area contributed by atoms with Crippen LogP contribution in [0.1, 0.15) is 23.2 Å². The molecule has 1 aromatic carbocycles. The van der Waals surface area contributed by atoms with Crippen molar-refractivity contribution in [1.82, 2.24) is 0 Å². The van der Waals surface area contributed by atoms with Gasteiger partial charge in [0.15, 0.2) is 6.04 Å². The number of carboxylic acid groups (broad SMARTS) is 2. The highest BCUT2D eigenvalue weighted by molar-refractivity contribution is 7.80. The molecule has 0 fully saturated rings. The van der Waals surface area contributed by atoms with Gasteiger partial charge in [0.1, 0.15) is 11.3 Å². The third-order valence-corrected chi connectivity index (χ3v) is 2.68. The first-order valence-electron chi connectivity index (χ1n) is 5.79. The third kappa shape index (κ3) is 5.15. The lowest BCUT2D eigenvalue weighted by molar-refractivity contribution is -0.138. The molecular formula is C12H13N3O5S. The van der Waals surface area contributed by atoms with Crippen molar-refractivity contribution in [3.63, 3.8) is 0 Å². The van der Waals surface area contributed by atoms with Crippen molar-refractivity contribution in [3.8, 4) is 5.75 Å². The van der Waals surface area contributed by atoms with Crippen LogP contribution in [0, 0.1) is 0 Å². The van der Waals surface area contributed by atoms with Crippen LogP contribution in [-0.2, 0) is 4.79 Å². The van der Waals surface area contributed by atoms with E-state index < -0.39 is 23.7 Å². The molecule has 9 heteroatoms. The van der Waals surface area contributed by atoms with Crippen LogP contribution in [0.3, 0.4) is 0 Å². The standard InChI is InChI=1S/C12H13N3O5S/c13-10(21)4-2-8(12(19)20)15-14-6-1-3-9(16)7(5-6)11(17)18/h1,3,5,8,16H,2,4H2,(H2,13,21)(H,17,18)(H,19,20)/b15-14+. The van der Waals surface area contributed by atoms with Gasteiger partial charge in [-0.05, 0) is 24.6 Å². The van der Waals surface area contributed by atoms with Crippen molar-refractivity contribution in [3.05, 3.63) is 23.8 Å². The Hall–Kier alpha value is -2.55. The highest BCUT2D eigenvalue weighted by Crippen LogP contribution is 2.24. The molecule has 0 spiro atoms. The molecule has 1 rings (SSSR count). The highest BCUT2D eigenvalue weighted by atomic mass is 32.1. The summed E-state index contributed by atoms with van der Waals surface area (Å²) < 4.78 is 0. The Balaban J connectivity index is 2.91. The minimum Gasteiger partial charge on any atom is -0.507 e. The molecule has 112 valence electrons. The van der Waals surface area contributed by atoms with Crippen LogP contribution < -0.4 is 5.73 Å². The summed E-state index contributed by atoms with van der Waals surface area (Å²) >= 11 is 4.66. The molecule has 0 aliphatic rings. The maximum absolute atomic E-state index is 11.0. The molecule has 0 saturated heterocycles. The van der Waals surface area contributed by atoms with Gasteiger partial charge in [0.2, 0.25) is 0 Å². The fourth-order valence-corrected chi connectivity index (χ4v) is 1.52. The van der Waals surface area contributed by atoms with E-state index in [0.717, 1.165) is 12.1 Å². The lowest BCUT2D eigenvalue weighted by Gasteiger charge is -2.05. The SMILES string of the molecule is NC(=S)CCC(/N=N/c1ccc(O)c(C(=O)O)c1)C(=O)O. The van der Waals surface area contributed by atoms with Gasteiger partial charge in [-0.2, -0.15) is 10.2 Å². The van der Waals surface area contributed by atoms with Crippen molar-refractivity contribution in [2.75, 3.05) is 0 Å². The van der Waals surface area contributed by atoms with Gasteiger partial charge in [0.25, 0.3) is 0 Å². The number of carboxylic acids is 2. The summed E-state index contributed by atoms with van der Waals surface area (Å²) in [6, 6.07) is 2.42. The van der Waals surface area contributed by atoms with Crippen molar-refractivity contribution in [2.45, 2.75) is 18.9 Å². The summed E-state index contributed by atoms with van der Waals surface area (Å²) in [5.74, 6) is -2.93. The summed E-state index contributed by atoms with van der Waals surface area (Å²) in [4.78, 5) is 22.0. The van der Waals surface area contributed by atoms with Gasteiger partial charge in [-0.3, -0.25) is 0 Å². The van der Waals surface area contributed by atoms with Gasteiger partial charge < -0.3 is 21.1 Å². The van der Waals surface area contributed by atoms with E-state index >= 15 is 0 Å². The largest absolute Gasteiger partial charge is 0.507 e. The van der Waals surface area contributed by atoms with E-state index in [-0.39, 0.29) is 29.1 Å². The molecule has 5 N–H and O–H groups in total. The molecule has 0 saturated carbocycles. The molecule has 0 amide bonds. The Morgan fingerprint density at radius 1 is 1.33 bits per heavy atom. The number of nitrogens with two attached hydrogens (primary N) is 1. The first-order chi connectivity index (χ1) is 9.81. The molecule has 0 heterocycles. The van der Waals surface area contributed by atoms with Crippen LogP contribution in [0.15, 0.2) is 28.4 Å². The van der Waals surface area contributed by atoms with Crippen LogP contribution in [0.5, 0.6) is 5.75 Å². The van der Waals surface area contributed by atoms with E-state index in [9.17, 15) is 14.7 Å². The number of aromatic carboxylic acids is 1. The zero-order valence-electron chi connectivity index (χ0n) is 10.8. The van der Waals surface area contributed by atoms with Crippen molar-refractivity contribution >= 4 is 34.8 Å². The Kier molecular flexibility index (Phi) is 5.73. The fourth-order valence-electron chi connectivity index (χ4n) is 1.40.